The zero-order chi connectivity index (χ0) is 26.1. The predicted molar refractivity (Wildman–Crippen MR) is 126 cm³/mol. The van der Waals surface area contributed by atoms with Crippen molar-refractivity contribution >= 4 is 30.1 Å². The second-order valence-electron chi connectivity index (χ2n) is 9.07. The zero-order valence-electron chi connectivity index (χ0n) is 19.9. The highest BCUT2D eigenvalue weighted by Gasteiger charge is 2.40. The molecule has 2 aromatic rings. The van der Waals surface area contributed by atoms with Crippen molar-refractivity contribution < 1.29 is 31.1 Å². The number of carbonyl (C=O) groups excluding carboxylic acids is 1. The highest BCUT2D eigenvalue weighted by atomic mass is 35.5. The van der Waals surface area contributed by atoms with Crippen LogP contribution in [0, 0.1) is 12.8 Å². The van der Waals surface area contributed by atoms with Gasteiger partial charge in [-0.25, -0.2) is 4.98 Å². The van der Waals surface area contributed by atoms with Crippen molar-refractivity contribution in [1.29, 1.82) is 0 Å². The molecular formula is C23H28ClF6N5O. The van der Waals surface area contributed by atoms with Gasteiger partial charge in [0.25, 0.3) is 0 Å². The Hall–Kier alpha value is -2.76. The van der Waals surface area contributed by atoms with Gasteiger partial charge in [-0.3, -0.25) is 4.79 Å². The summed E-state index contributed by atoms with van der Waals surface area (Å²) in [5, 5.41) is 3.25. The number of carbonyl (C=O) groups is 1. The third-order valence-corrected chi connectivity index (χ3v) is 6.19. The summed E-state index contributed by atoms with van der Waals surface area (Å²) in [5.41, 5.74) is 1.87. The van der Waals surface area contributed by atoms with Crippen molar-refractivity contribution in [2.45, 2.75) is 57.4 Å². The van der Waals surface area contributed by atoms with Crippen molar-refractivity contribution in [2.75, 3.05) is 24.3 Å². The fourth-order valence-corrected chi connectivity index (χ4v) is 4.47. The van der Waals surface area contributed by atoms with Crippen LogP contribution in [0.2, 0.25) is 0 Å². The number of alkyl halides is 6. The molecule has 36 heavy (non-hydrogen) atoms. The van der Waals surface area contributed by atoms with Gasteiger partial charge in [-0.15, -0.1) is 12.4 Å². The molecule has 0 bridgehead atoms. The summed E-state index contributed by atoms with van der Waals surface area (Å²) in [6.07, 6.45) is -6.36. The molecular weight excluding hydrogens is 512 g/mol. The summed E-state index contributed by atoms with van der Waals surface area (Å²) < 4.78 is 80.6. The van der Waals surface area contributed by atoms with Gasteiger partial charge in [0.05, 0.1) is 11.1 Å². The van der Waals surface area contributed by atoms with E-state index < -0.39 is 40.5 Å². The van der Waals surface area contributed by atoms with E-state index in [0.29, 0.717) is 37.7 Å². The molecule has 1 aliphatic carbocycles. The quantitative estimate of drug-likeness (QED) is 0.465. The lowest BCUT2D eigenvalue weighted by molar-refractivity contribution is -0.143. The number of primary amides is 1. The van der Waals surface area contributed by atoms with Crippen molar-refractivity contribution in [3.63, 3.8) is 0 Å². The Kier molecular flexibility index (Phi) is 9.09. The largest absolute Gasteiger partial charge is 0.416 e. The van der Waals surface area contributed by atoms with Gasteiger partial charge in [-0.1, -0.05) is 0 Å². The van der Waals surface area contributed by atoms with E-state index in [4.69, 9.17) is 5.73 Å². The van der Waals surface area contributed by atoms with Gasteiger partial charge in [0.1, 0.15) is 5.82 Å². The third-order valence-electron chi connectivity index (χ3n) is 6.19. The number of amides is 1. The van der Waals surface area contributed by atoms with Crippen LogP contribution in [0.15, 0.2) is 18.3 Å². The molecule has 1 aromatic heterocycles. The van der Waals surface area contributed by atoms with Crippen molar-refractivity contribution in [2.24, 2.45) is 11.7 Å². The summed E-state index contributed by atoms with van der Waals surface area (Å²) in [6, 6.07) is 0.470. The molecule has 3 N–H and O–H groups in total. The van der Waals surface area contributed by atoms with E-state index in [9.17, 15) is 31.1 Å². The molecule has 1 heterocycles. The number of nitrogens with zero attached hydrogens (tertiary/aromatic N) is 3. The van der Waals surface area contributed by atoms with E-state index in [2.05, 4.69) is 15.3 Å². The van der Waals surface area contributed by atoms with Crippen LogP contribution in [0.25, 0.3) is 0 Å². The Morgan fingerprint density at radius 3 is 2.19 bits per heavy atom. The van der Waals surface area contributed by atoms with Crippen LogP contribution >= 0.6 is 12.4 Å². The van der Waals surface area contributed by atoms with Crippen molar-refractivity contribution in [3.8, 4) is 0 Å². The first-order valence-corrected chi connectivity index (χ1v) is 11.1. The molecule has 1 fully saturated rings. The maximum atomic E-state index is 13.7. The Morgan fingerprint density at radius 1 is 1.08 bits per heavy atom. The number of rotatable bonds is 6. The number of benzene rings is 1. The van der Waals surface area contributed by atoms with Crippen LogP contribution in [-0.2, 0) is 18.8 Å². The smallest absolute Gasteiger partial charge is 0.366 e. The number of hydrogen-bond donors (Lipinski definition) is 2. The van der Waals surface area contributed by atoms with E-state index in [1.54, 1.807) is 6.20 Å². The molecule has 0 unspecified atom stereocenters. The summed E-state index contributed by atoms with van der Waals surface area (Å²) in [4.78, 5) is 22.5. The molecule has 6 nitrogen and oxygen atoms in total. The van der Waals surface area contributed by atoms with E-state index in [1.165, 1.54) is 0 Å². The highest BCUT2D eigenvalue weighted by molar-refractivity contribution is 5.95. The van der Waals surface area contributed by atoms with E-state index in [0.717, 1.165) is 11.4 Å². The molecule has 0 spiro atoms. The van der Waals surface area contributed by atoms with Gasteiger partial charge < -0.3 is 16.0 Å². The Morgan fingerprint density at radius 2 is 1.69 bits per heavy atom. The molecule has 1 amide bonds. The van der Waals surface area contributed by atoms with Gasteiger partial charge in [0.2, 0.25) is 11.9 Å². The van der Waals surface area contributed by atoms with Crippen LogP contribution < -0.4 is 16.0 Å². The van der Waals surface area contributed by atoms with Crippen molar-refractivity contribution in [1.82, 2.24) is 9.97 Å². The van der Waals surface area contributed by atoms with Crippen LogP contribution in [0.5, 0.6) is 0 Å². The fourth-order valence-electron chi connectivity index (χ4n) is 4.47. The Labute approximate surface area is 211 Å². The molecule has 0 atom stereocenters. The highest BCUT2D eigenvalue weighted by Crippen LogP contribution is 2.41. The van der Waals surface area contributed by atoms with Gasteiger partial charge in [-0.2, -0.15) is 31.3 Å². The zero-order valence-corrected chi connectivity index (χ0v) is 20.7. The molecule has 13 heteroatoms. The van der Waals surface area contributed by atoms with Crippen LogP contribution in [0.4, 0.5) is 38.1 Å². The van der Waals surface area contributed by atoms with Gasteiger partial charge in [0, 0.05) is 37.5 Å². The van der Waals surface area contributed by atoms with Gasteiger partial charge in [-0.05, 0) is 62.6 Å². The molecule has 200 valence electrons. The number of anilines is 2. The first kappa shape index (κ1) is 29.5. The second-order valence-corrected chi connectivity index (χ2v) is 9.07. The van der Waals surface area contributed by atoms with Gasteiger partial charge in [0.15, 0.2) is 0 Å². The topological polar surface area (TPSA) is 84.1 Å². The monoisotopic (exact) mass is 539 g/mol. The number of hydrogen-bond acceptors (Lipinski definition) is 5. The predicted octanol–water partition coefficient (Wildman–Crippen LogP) is 5.62. The Bertz CT molecular complexity index is 1080. The molecule has 3 rings (SSSR count). The molecule has 0 radical (unpaired) electrons. The first-order valence-electron chi connectivity index (χ1n) is 11.1. The second kappa shape index (κ2) is 11.1. The SMILES string of the molecule is Cc1cnc(NC2CCC(Cc3c(C(N)=O)cc(C(F)(F)F)cc3C(F)(F)F)CC2)nc1N(C)C.Cl. The maximum absolute atomic E-state index is 13.7. The lowest BCUT2D eigenvalue weighted by Gasteiger charge is -2.30. The van der Waals surface area contributed by atoms with E-state index in [-0.39, 0.29) is 36.9 Å². The third kappa shape index (κ3) is 6.92. The number of aromatic nitrogens is 2. The molecule has 1 saturated carbocycles. The molecule has 0 saturated heterocycles. The minimum atomic E-state index is -5.06. The molecule has 1 aromatic carbocycles. The average Bonchev–Trinajstić information content (AvgIpc) is 2.74. The number of halogens is 7. The maximum Gasteiger partial charge on any atom is 0.416 e. The van der Waals surface area contributed by atoms with Crippen molar-refractivity contribution in [3.05, 3.63) is 46.1 Å². The molecule has 0 aliphatic heterocycles. The summed E-state index contributed by atoms with van der Waals surface area (Å²) >= 11 is 0. The average molecular weight is 540 g/mol. The van der Waals surface area contributed by atoms with Crippen LogP contribution in [0.3, 0.4) is 0 Å². The summed E-state index contributed by atoms with van der Waals surface area (Å²) in [5.74, 6) is -0.363. The number of nitrogens with two attached hydrogens (primary N) is 1. The van der Waals surface area contributed by atoms with Gasteiger partial charge >= 0.3 is 12.4 Å². The summed E-state index contributed by atoms with van der Waals surface area (Å²) in [7, 11) is 3.72. The standard InChI is InChI=1S/C23H27F6N5O.ClH/c1-12-11-31-21(33-20(12)34(2)3)32-15-6-4-13(5-7-15)8-16-17(19(30)35)9-14(22(24,25)26)10-18(16)23(27,28)29;/h9-11,13,15H,4-8H2,1-3H3,(H2,30,35)(H,31,32,33);1H. The lowest BCUT2D eigenvalue weighted by atomic mass is 9.80. The number of aryl methyl sites for hydroxylation is 1. The minimum Gasteiger partial charge on any atom is -0.366 e. The van der Waals surface area contributed by atoms with E-state index in [1.807, 2.05) is 25.9 Å². The minimum absolute atomic E-state index is 0. The number of nitrogens with one attached hydrogen (secondary N) is 1. The van der Waals surface area contributed by atoms with Crippen LogP contribution in [0.1, 0.15) is 58.3 Å². The fraction of sp³-hybridized carbons (Fsp3) is 0.522. The Balaban J connectivity index is 0.00000456. The normalized spacial score (nSPS) is 18.4. The summed E-state index contributed by atoms with van der Waals surface area (Å²) in [6.45, 7) is 1.89. The van der Waals surface area contributed by atoms with E-state index >= 15 is 0 Å². The van der Waals surface area contributed by atoms with Crippen LogP contribution in [-0.4, -0.2) is 36.0 Å². The molecule has 1 aliphatic rings. The first-order chi connectivity index (χ1) is 16.2. The lowest BCUT2D eigenvalue weighted by Crippen LogP contribution is -2.29.